The van der Waals surface area contributed by atoms with Gasteiger partial charge in [-0.1, -0.05) is 29.3 Å². The second-order valence-corrected chi connectivity index (χ2v) is 6.16. The molecule has 0 amide bonds. The number of rotatable bonds is 8. The third-order valence-corrected chi connectivity index (χ3v) is 4.22. The van der Waals surface area contributed by atoms with E-state index in [2.05, 4.69) is 0 Å². The Morgan fingerprint density at radius 2 is 1.89 bits per heavy atom. The zero-order chi connectivity index (χ0) is 20.5. The van der Waals surface area contributed by atoms with Gasteiger partial charge in [-0.15, -0.1) is 0 Å². The molecule has 2 aromatic rings. The molecule has 144 valence electrons. The Kier molecular flexibility index (Phi) is 7.88. The summed E-state index contributed by atoms with van der Waals surface area (Å²) in [6.07, 6.45) is 2.69. The summed E-state index contributed by atoms with van der Waals surface area (Å²) in [6.45, 7) is -0.532. The summed E-state index contributed by atoms with van der Waals surface area (Å²) in [7, 11) is 1.46. The molecule has 0 unspecified atom stereocenters. The smallest absolute Gasteiger partial charge is 0.331 e. The van der Waals surface area contributed by atoms with Gasteiger partial charge in [-0.2, -0.15) is 5.26 Å². The molecule has 0 heterocycles. The van der Waals surface area contributed by atoms with E-state index in [1.807, 2.05) is 6.07 Å². The molecule has 8 heteroatoms. The molecule has 0 saturated carbocycles. The van der Waals surface area contributed by atoms with Gasteiger partial charge in [-0.3, -0.25) is 4.79 Å². The van der Waals surface area contributed by atoms with Crippen LogP contribution >= 0.6 is 23.2 Å². The highest BCUT2D eigenvalue weighted by molar-refractivity contribution is 6.42. The van der Waals surface area contributed by atoms with Crippen molar-refractivity contribution in [2.75, 3.05) is 20.3 Å². The Labute approximate surface area is 171 Å². The molecule has 0 spiro atoms. The number of benzene rings is 2. The Morgan fingerprint density at radius 1 is 1.11 bits per heavy atom. The topological polar surface area (TPSA) is 85.6 Å². The molecule has 0 fully saturated rings. The fourth-order valence-electron chi connectivity index (χ4n) is 2.12. The first-order valence-corrected chi connectivity index (χ1v) is 8.71. The molecule has 28 heavy (non-hydrogen) atoms. The number of halogens is 2. The van der Waals surface area contributed by atoms with Gasteiger partial charge in [0.15, 0.2) is 30.5 Å². The standard InChI is InChI=1S/C20H15Cl2NO5/c1-26-19-10-13(2-6-18(19)27-9-8-23)3-7-20(25)28-12-17(24)14-4-5-15(21)16(22)11-14/h2-7,10-11H,9,12H2,1H3/b7-3+. The molecular formula is C20H15Cl2NO5. The van der Waals surface area contributed by atoms with Crippen LogP contribution in [0.2, 0.25) is 10.0 Å². The summed E-state index contributed by atoms with van der Waals surface area (Å²) >= 11 is 11.7. The second-order valence-electron chi connectivity index (χ2n) is 5.35. The van der Waals surface area contributed by atoms with Crippen LogP contribution in [0.1, 0.15) is 15.9 Å². The number of carbonyl (C=O) groups is 2. The number of hydrogen-bond acceptors (Lipinski definition) is 6. The van der Waals surface area contributed by atoms with E-state index in [1.54, 1.807) is 18.2 Å². The number of carbonyl (C=O) groups excluding carboxylic acids is 2. The molecule has 0 aliphatic rings. The molecule has 2 aromatic carbocycles. The highest BCUT2D eigenvalue weighted by Crippen LogP contribution is 2.28. The third-order valence-electron chi connectivity index (χ3n) is 3.48. The molecule has 0 N–H and O–H groups in total. The molecule has 6 nitrogen and oxygen atoms in total. The molecular weight excluding hydrogens is 405 g/mol. The van der Waals surface area contributed by atoms with Crippen molar-refractivity contribution in [3.8, 4) is 17.6 Å². The summed E-state index contributed by atoms with van der Waals surface area (Å²) in [5.74, 6) is -0.255. The van der Waals surface area contributed by atoms with E-state index in [4.69, 9.17) is 42.7 Å². The third kappa shape index (κ3) is 6.02. The van der Waals surface area contributed by atoms with E-state index >= 15 is 0 Å². The van der Waals surface area contributed by atoms with Crippen molar-refractivity contribution in [2.45, 2.75) is 0 Å². The van der Waals surface area contributed by atoms with Crippen LogP contribution in [0.5, 0.6) is 11.5 Å². The van der Waals surface area contributed by atoms with Crippen molar-refractivity contribution in [2.24, 2.45) is 0 Å². The minimum atomic E-state index is -0.683. The molecule has 0 aliphatic heterocycles. The maximum absolute atomic E-state index is 12.0. The van der Waals surface area contributed by atoms with Crippen molar-refractivity contribution in [3.63, 3.8) is 0 Å². The van der Waals surface area contributed by atoms with E-state index < -0.39 is 18.4 Å². The highest BCUT2D eigenvalue weighted by Gasteiger charge is 2.10. The number of Topliss-reactive ketones (excluding diaryl/α,β-unsaturated/α-hetero) is 1. The van der Waals surface area contributed by atoms with Crippen LogP contribution in [0, 0.1) is 11.3 Å². The maximum Gasteiger partial charge on any atom is 0.331 e. The lowest BCUT2D eigenvalue weighted by Gasteiger charge is -2.08. The average Bonchev–Trinajstić information content (AvgIpc) is 2.71. The minimum absolute atomic E-state index is 0.106. The summed E-state index contributed by atoms with van der Waals surface area (Å²) in [6, 6.07) is 11.2. The van der Waals surface area contributed by atoms with Crippen LogP contribution in [0.3, 0.4) is 0 Å². The second kappa shape index (κ2) is 10.4. The zero-order valence-electron chi connectivity index (χ0n) is 14.8. The lowest BCUT2D eigenvalue weighted by Crippen LogP contribution is -2.12. The predicted molar refractivity (Wildman–Crippen MR) is 105 cm³/mol. The molecule has 0 atom stereocenters. The fraction of sp³-hybridized carbons (Fsp3) is 0.150. The van der Waals surface area contributed by atoms with Crippen LogP contribution in [0.15, 0.2) is 42.5 Å². The Balaban J connectivity index is 1.95. The fourth-order valence-corrected chi connectivity index (χ4v) is 2.42. The molecule has 0 saturated heterocycles. The monoisotopic (exact) mass is 419 g/mol. The van der Waals surface area contributed by atoms with E-state index in [0.29, 0.717) is 27.6 Å². The molecule has 0 bridgehead atoms. The normalized spacial score (nSPS) is 10.4. The number of hydrogen-bond donors (Lipinski definition) is 0. The Morgan fingerprint density at radius 3 is 2.57 bits per heavy atom. The van der Waals surface area contributed by atoms with Crippen molar-refractivity contribution in [1.29, 1.82) is 5.26 Å². The number of methoxy groups -OCH3 is 1. The summed E-state index contributed by atoms with van der Waals surface area (Å²) < 4.78 is 15.4. The van der Waals surface area contributed by atoms with Crippen molar-refractivity contribution >= 4 is 41.0 Å². The highest BCUT2D eigenvalue weighted by atomic mass is 35.5. The number of ketones is 1. The minimum Gasteiger partial charge on any atom is -0.493 e. The van der Waals surface area contributed by atoms with Crippen LogP contribution in [0.4, 0.5) is 0 Å². The Bertz CT molecular complexity index is 950. The Hall–Kier alpha value is -3.01. The van der Waals surface area contributed by atoms with Gasteiger partial charge in [0.05, 0.1) is 17.2 Å². The van der Waals surface area contributed by atoms with Gasteiger partial charge < -0.3 is 14.2 Å². The van der Waals surface area contributed by atoms with Crippen molar-refractivity contribution in [3.05, 3.63) is 63.6 Å². The largest absolute Gasteiger partial charge is 0.493 e. The quantitative estimate of drug-likeness (QED) is 0.359. The van der Waals surface area contributed by atoms with Crippen LogP contribution in [-0.4, -0.2) is 32.1 Å². The van der Waals surface area contributed by atoms with Gasteiger partial charge in [-0.05, 0) is 42.0 Å². The molecule has 2 rings (SSSR count). The molecule has 0 aliphatic carbocycles. The SMILES string of the molecule is COc1cc(/C=C/C(=O)OCC(=O)c2ccc(Cl)c(Cl)c2)ccc1OCC#N. The lowest BCUT2D eigenvalue weighted by molar-refractivity contribution is -0.136. The van der Waals surface area contributed by atoms with E-state index in [1.165, 1.54) is 37.5 Å². The van der Waals surface area contributed by atoms with Crippen LogP contribution < -0.4 is 9.47 Å². The van der Waals surface area contributed by atoms with Gasteiger partial charge in [0.2, 0.25) is 0 Å². The average molecular weight is 420 g/mol. The summed E-state index contributed by atoms with van der Waals surface area (Å²) in [4.78, 5) is 23.9. The van der Waals surface area contributed by atoms with E-state index in [0.717, 1.165) is 0 Å². The summed E-state index contributed by atoms with van der Waals surface area (Å²) in [5, 5.41) is 9.14. The maximum atomic E-state index is 12.0. The van der Waals surface area contributed by atoms with Gasteiger partial charge >= 0.3 is 5.97 Å². The lowest BCUT2D eigenvalue weighted by atomic mass is 10.1. The first kappa shape index (κ1) is 21.3. The number of esters is 1. The zero-order valence-corrected chi connectivity index (χ0v) is 16.3. The number of nitriles is 1. The van der Waals surface area contributed by atoms with Crippen molar-refractivity contribution < 1.29 is 23.8 Å². The first-order valence-electron chi connectivity index (χ1n) is 7.95. The van der Waals surface area contributed by atoms with Crippen molar-refractivity contribution in [1.82, 2.24) is 0 Å². The molecule has 0 radical (unpaired) electrons. The first-order chi connectivity index (χ1) is 13.4. The van der Waals surface area contributed by atoms with E-state index in [-0.39, 0.29) is 11.6 Å². The number of ether oxygens (including phenoxy) is 3. The van der Waals surface area contributed by atoms with Crippen LogP contribution in [0.25, 0.3) is 6.08 Å². The number of nitrogens with zero attached hydrogens (tertiary/aromatic N) is 1. The van der Waals surface area contributed by atoms with Gasteiger partial charge in [-0.25, -0.2) is 4.79 Å². The predicted octanol–water partition coefficient (Wildman–Crippen LogP) is 4.34. The van der Waals surface area contributed by atoms with Crippen LogP contribution in [-0.2, 0) is 9.53 Å². The van der Waals surface area contributed by atoms with Gasteiger partial charge in [0.1, 0.15) is 6.07 Å². The van der Waals surface area contributed by atoms with E-state index in [9.17, 15) is 9.59 Å². The van der Waals surface area contributed by atoms with Gasteiger partial charge in [0, 0.05) is 11.6 Å². The van der Waals surface area contributed by atoms with Gasteiger partial charge in [0.25, 0.3) is 0 Å². The summed E-state index contributed by atoms with van der Waals surface area (Å²) in [5.41, 5.74) is 0.942. The molecule has 0 aromatic heterocycles.